The minimum Gasteiger partial charge on any atom is -0.475 e. The van der Waals surface area contributed by atoms with Crippen LogP contribution in [0.4, 0.5) is 0 Å². The lowest BCUT2D eigenvalue weighted by atomic mass is 10.2. The van der Waals surface area contributed by atoms with Crippen molar-refractivity contribution in [2.45, 2.75) is 9.79 Å². The topological polar surface area (TPSA) is 135 Å². The third kappa shape index (κ3) is 3.50. The average molecular weight is 410 g/mol. The molecule has 0 aliphatic rings. The molecule has 2 aromatic carbocycles. The predicted molar refractivity (Wildman–Crippen MR) is 103 cm³/mol. The van der Waals surface area contributed by atoms with Gasteiger partial charge in [0.15, 0.2) is 10.9 Å². The highest BCUT2D eigenvalue weighted by atomic mass is 32.2. The first-order valence-electron chi connectivity index (χ1n) is 8.12. The van der Waals surface area contributed by atoms with E-state index in [9.17, 15) is 19.2 Å². The lowest BCUT2D eigenvalue weighted by Crippen LogP contribution is -2.06. The number of carboxylic acid groups (broad SMARTS) is 2. The zero-order valence-corrected chi connectivity index (χ0v) is 15.2. The molecule has 4 aromatic rings. The Morgan fingerprint density at radius 3 is 1.48 bits per heavy atom. The molecule has 0 saturated carbocycles. The summed E-state index contributed by atoms with van der Waals surface area (Å²) >= 11 is 1.26. The fourth-order valence-corrected chi connectivity index (χ4v) is 3.64. The van der Waals surface area contributed by atoms with Crippen molar-refractivity contribution >= 4 is 45.6 Å². The van der Waals surface area contributed by atoms with Crippen molar-refractivity contribution in [3.8, 4) is 0 Å². The molecular weight excluding hydrogens is 400 g/mol. The van der Waals surface area contributed by atoms with Crippen LogP contribution >= 0.6 is 11.8 Å². The maximum absolute atomic E-state index is 12.2. The van der Waals surface area contributed by atoms with Crippen molar-refractivity contribution < 1.29 is 28.6 Å². The van der Waals surface area contributed by atoms with Crippen molar-refractivity contribution in [3.05, 3.63) is 80.5 Å². The molecule has 9 heteroatoms. The molecule has 0 spiro atoms. The van der Waals surface area contributed by atoms with Gasteiger partial charge >= 0.3 is 11.9 Å². The van der Waals surface area contributed by atoms with Crippen LogP contribution in [0.15, 0.2) is 76.7 Å². The Morgan fingerprint density at radius 2 is 1.10 bits per heavy atom. The standard InChI is InChI=1S/C20H10O8S/c21-13-7-17(19(23)24)27-15-3-1-9(5-11(13)15)29-10-2-4-16-12(6-10)14(22)8-18(28-16)20(25)26/h1-8H,(H,23,24)(H,25,26). The summed E-state index contributed by atoms with van der Waals surface area (Å²) in [6, 6.07) is 11.3. The molecule has 0 radical (unpaired) electrons. The Bertz CT molecular complexity index is 1320. The first kappa shape index (κ1) is 18.5. The summed E-state index contributed by atoms with van der Waals surface area (Å²) in [6.07, 6.45) is 0. The fourth-order valence-electron chi connectivity index (χ4n) is 2.74. The average Bonchev–Trinajstić information content (AvgIpc) is 2.68. The fraction of sp³-hybridized carbons (Fsp3) is 0. The van der Waals surface area contributed by atoms with Crippen LogP contribution in [0, 0.1) is 0 Å². The summed E-state index contributed by atoms with van der Waals surface area (Å²) in [5, 5.41) is 18.4. The molecule has 2 aromatic heterocycles. The van der Waals surface area contributed by atoms with Gasteiger partial charge < -0.3 is 19.0 Å². The molecule has 0 bridgehead atoms. The summed E-state index contributed by atoms with van der Waals surface area (Å²) in [4.78, 5) is 47.7. The quantitative estimate of drug-likeness (QED) is 0.518. The van der Waals surface area contributed by atoms with Gasteiger partial charge in [0.1, 0.15) is 11.2 Å². The van der Waals surface area contributed by atoms with Gasteiger partial charge in [-0.3, -0.25) is 9.59 Å². The lowest BCUT2D eigenvalue weighted by molar-refractivity contribution is 0.0653. The van der Waals surface area contributed by atoms with Crippen molar-refractivity contribution in [1.29, 1.82) is 0 Å². The molecular formula is C20H10O8S. The number of carboxylic acids is 2. The smallest absolute Gasteiger partial charge is 0.371 e. The number of fused-ring (bicyclic) bond motifs is 2. The van der Waals surface area contributed by atoms with Crippen LogP contribution in [0.25, 0.3) is 21.9 Å². The molecule has 144 valence electrons. The highest BCUT2D eigenvalue weighted by Gasteiger charge is 2.13. The van der Waals surface area contributed by atoms with Crippen LogP contribution in [0.5, 0.6) is 0 Å². The van der Waals surface area contributed by atoms with Crippen LogP contribution < -0.4 is 10.9 Å². The zero-order chi connectivity index (χ0) is 20.7. The van der Waals surface area contributed by atoms with Gasteiger partial charge in [0.05, 0.1) is 10.8 Å². The van der Waals surface area contributed by atoms with E-state index < -0.39 is 34.3 Å². The van der Waals surface area contributed by atoms with E-state index >= 15 is 0 Å². The molecule has 29 heavy (non-hydrogen) atoms. The normalized spacial score (nSPS) is 11.0. The molecule has 0 unspecified atom stereocenters. The second-order valence-corrected chi connectivity index (χ2v) is 7.13. The first-order valence-corrected chi connectivity index (χ1v) is 8.94. The van der Waals surface area contributed by atoms with E-state index in [-0.39, 0.29) is 21.9 Å². The number of benzene rings is 2. The van der Waals surface area contributed by atoms with Gasteiger partial charge in [-0.1, -0.05) is 11.8 Å². The Balaban J connectivity index is 1.73. The van der Waals surface area contributed by atoms with E-state index in [0.717, 1.165) is 12.1 Å². The third-order valence-electron chi connectivity index (χ3n) is 4.05. The van der Waals surface area contributed by atoms with Gasteiger partial charge in [-0.25, -0.2) is 9.59 Å². The number of hydrogen-bond donors (Lipinski definition) is 2. The Hall–Kier alpha value is -3.85. The number of hydrogen-bond acceptors (Lipinski definition) is 7. The SMILES string of the molecule is O=C(O)c1cc(=O)c2cc(Sc3ccc4oc(C(=O)O)cc(=O)c4c3)ccc2o1. The van der Waals surface area contributed by atoms with Crippen molar-refractivity contribution in [3.63, 3.8) is 0 Å². The van der Waals surface area contributed by atoms with E-state index in [1.165, 1.54) is 23.9 Å². The van der Waals surface area contributed by atoms with Crippen LogP contribution in [0.3, 0.4) is 0 Å². The van der Waals surface area contributed by atoms with Crippen LogP contribution in [0.1, 0.15) is 21.1 Å². The van der Waals surface area contributed by atoms with Gasteiger partial charge in [-0.2, -0.15) is 0 Å². The molecule has 2 N–H and O–H groups in total. The maximum Gasteiger partial charge on any atom is 0.371 e. The summed E-state index contributed by atoms with van der Waals surface area (Å²) in [7, 11) is 0. The van der Waals surface area contributed by atoms with E-state index in [2.05, 4.69) is 0 Å². The highest BCUT2D eigenvalue weighted by molar-refractivity contribution is 7.99. The molecule has 0 amide bonds. The lowest BCUT2D eigenvalue weighted by Gasteiger charge is -2.05. The van der Waals surface area contributed by atoms with Gasteiger partial charge in [0, 0.05) is 21.9 Å². The summed E-state index contributed by atoms with van der Waals surface area (Å²) < 4.78 is 10.4. The first-order chi connectivity index (χ1) is 13.8. The number of aromatic carboxylic acids is 2. The third-order valence-corrected chi connectivity index (χ3v) is 5.03. The molecule has 0 aliphatic carbocycles. The van der Waals surface area contributed by atoms with Gasteiger partial charge in [-0.05, 0) is 36.4 Å². The van der Waals surface area contributed by atoms with Crippen molar-refractivity contribution in [2.24, 2.45) is 0 Å². The van der Waals surface area contributed by atoms with Crippen LogP contribution in [-0.4, -0.2) is 22.2 Å². The minimum absolute atomic E-state index is 0.152. The number of rotatable bonds is 4. The summed E-state index contributed by atoms with van der Waals surface area (Å²) in [6.45, 7) is 0. The molecule has 0 aliphatic heterocycles. The molecule has 0 atom stereocenters. The highest BCUT2D eigenvalue weighted by Crippen LogP contribution is 2.31. The molecule has 0 saturated heterocycles. The maximum atomic E-state index is 12.2. The molecule has 0 fully saturated rings. The van der Waals surface area contributed by atoms with Gasteiger partial charge in [0.2, 0.25) is 11.5 Å². The van der Waals surface area contributed by atoms with E-state index in [0.29, 0.717) is 9.79 Å². The van der Waals surface area contributed by atoms with Gasteiger partial charge in [0.25, 0.3) is 0 Å². The van der Waals surface area contributed by atoms with Crippen molar-refractivity contribution in [1.82, 2.24) is 0 Å². The van der Waals surface area contributed by atoms with Crippen LogP contribution in [-0.2, 0) is 0 Å². The Labute approximate surface area is 165 Å². The summed E-state index contributed by atoms with van der Waals surface area (Å²) in [5.41, 5.74) is -0.655. The predicted octanol–water partition coefficient (Wildman–Crippen LogP) is 3.45. The second-order valence-electron chi connectivity index (χ2n) is 5.98. The van der Waals surface area contributed by atoms with Crippen molar-refractivity contribution in [2.75, 3.05) is 0 Å². The minimum atomic E-state index is -1.33. The second kappa shape index (κ2) is 6.95. The van der Waals surface area contributed by atoms with E-state index in [1.807, 2.05) is 0 Å². The molecule has 4 rings (SSSR count). The summed E-state index contributed by atoms with van der Waals surface area (Å²) in [5.74, 6) is -3.54. The largest absolute Gasteiger partial charge is 0.475 e. The number of carbonyl (C=O) groups is 2. The van der Waals surface area contributed by atoms with Crippen LogP contribution in [0.2, 0.25) is 0 Å². The zero-order valence-electron chi connectivity index (χ0n) is 14.4. The Kier molecular flexibility index (Phi) is 4.44. The van der Waals surface area contributed by atoms with Gasteiger partial charge in [-0.15, -0.1) is 0 Å². The van der Waals surface area contributed by atoms with E-state index in [1.54, 1.807) is 24.3 Å². The molecule has 2 heterocycles. The molecule has 8 nitrogen and oxygen atoms in total. The monoisotopic (exact) mass is 410 g/mol. The Morgan fingerprint density at radius 1 is 0.690 bits per heavy atom. The van der Waals surface area contributed by atoms with E-state index in [4.69, 9.17) is 19.0 Å².